The van der Waals surface area contributed by atoms with Crippen LogP contribution in [-0.2, 0) is 14.3 Å². The lowest BCUT2D eigenvalue weighted by molar-refractivity contribution is -0.149. The molecule has 3 N–H and O–H groups in total. The number of hydrogen-bond acceptors (Lipinski definition) is 9. The van der Waals surface area contributed by atoms with Crippen LogP contribution < -0.4 is 11.1 Å². The Morgan fingerprint density at radius 2 is 2.03 bits per heavy atom. The summed E-state index contributed by atoms with van der Waals surface area (Å²) in [5.41, 5.74) is 7.59. The molecule has 1 amide bonds. The Kier molecular flexibility index (Phi) is 8.03. The van der Waals surface area contributed by atoms with Crippen LogP contribution in [0, 0.1) is 18.7 Å². The van der Waals surface area contributed by atoms with Crippen LogP contribution >= 0.6 is 12.4 Å². The first-order chi connectivity index (χ1) is 16.2. The number of pyridine rings is 1. The number of ether oxygens (including phenoxy) is 2. The van der Waals surface area contributed by atoms with Gasteiger partial charge in [-0.05, 0) is 23.6 Å². The van der Waals surface area contributed by atoms with Crippen LogP contribution in [0.1, 0.15) is 31.3 Å². The molecule has 1 aromatic carbocycles. The Morgan fingerprint density at radius 3 is 2.63 bits per heavy atom. The summed E-state index contributed by atoms with van der Waals surface area (Å²) in [4.78, 5) is 28.2. The third kappa shape index (κ3) is 5.75. The summed E-state index contributed by atoms with van der Waals surface area (Å²) < 4.78 is 30.8. The lowest BCUT2D eigenvalue weighted by atomic mass is 9.98. The summed E-state index contributed by atoms with van der Waals surface area (Å²) in [6.07, 6.45) is 0.00721. The molecule has 4 rings (SSSR count). The van der Waals surface area contributed by atoms with E-state index in [4.69, 9.17) is 19.6 Å². The average molecular weight is 506 g/mol. The van der Waals surface area contributed by atoms with Crippen LogP contribution in [0.25, 0.3) is 22.7 Å². The molecule has 3 atom stereocenters. The van der Waals surface area contributed by atoms with E-state index in [9.17, 15) is 9.59 Å². The molecule has 12 heteroatoms. The van der Waals surface area contributed by atoms with Gasteiger partial charge < -0.3 is 24.9 Å². The minimum absolute atomic E-state index is 0. The SMILES string of the molecule is Cc1nnc(-c2ccc(-c3ccc(C4NC(=O)OC4COC(=O)[C@@H](N)C(C)C)cc3F)cn2)o1.Cl. The number of benzene rings is 1. The summed E-state index contributed by atoms with van der Waals surface area (Å²) in [6, 6.07) is 6.43. The Hall–Kier alpha value is -3.57. The number of amides is 1. The monoisotopic (exact) mass is 505 g/mol. The second-order valence-corrected chi connectivity index (χ2v) is 8.26. The highest BCUT2D eigenvalue weighted by molar-refractivity contribution is 5.85. The molecule has 1 aliphatic rings. The van der Waals surface area contributed by atoms with Crippen molar-refractivity contribution in [3.8, 4) is 22.7 Å². The molecule has 1 saturated heterocycles. The normalized spacial score (nSPS) is 17.9. The van der Waals surface area contributed by atoms with Crippen molar-refractivity contribution in [2.75, 3.05) is 6.61 Å². The van der Waals surface area contributed by atoms with Gasteiger partial charge in [0.2, 0.25) is 5.89 Å². The zero-order valence-corrected chi connectivity index (χ0v) is 20.0. The summed E-state index contributed by atoms with van der Waals surface area (Å²) >= 11 is 0. The number of carbonyl (C=O) groups excluding carboxylic acids is 2. The van der Waals surface area contributed by atoms with Crippen LogP contribution in [0.4, 0.5) is 9.18 Å². The predicted molar refractivity (Wildman–Crippen MR) is 125 cm³/mol. The molecule has 0 radical (unpaired) electrons. The highest BCUT2D eigenvalue weighted by atomic mass is 35.5. The minimum Gasteiger partial charge on any atom is -0.460 e. The molecule has 0 bridgehead atoms. The number of aromatic nitrogens is 3. The van der Waals surface area contributed by atoms with Crippen molar-refractivity contribution in [2.45, 2.75) is 39.0 Å². The molecule has 2 aromatic heterocycles. The molecule has 0 spiro atoms. The van der Waals surface area contributed by atoms with E-state index in [1.54, 1.807) is 45.0 Å². The number of halogens is 2. The van der Waals surface area contributed by atoms with E-state index >= 15 is 4.39 Å². The number of nitrogens with one attached hydrogen (secondary N) is 1. The number of rotatable bonds is 7. The van der Waals surface area contributed by atoms with Gasteiger partial charge in [-0.1, -0.05) is 32.0 Å². The van der Waals surface area contributed by atoms with Gasteiger partial charge in [-0.3, -0.25) is 9.78 Å². The number of alkyl carbamates (subject to hydrolysis) is 1. The number of cyclic esters (lactones) is 1. The highest BCUT2D eigenvalue weighted by Crippen LogP contribution is 2.30. The van der Waals surface area contributed by atoms with Crippen LogP contribution in [0.3, 0.4) is 0 Å². The van der Waals surface area contributed by atoms with Gasteiger partial charge in [-0.25, -0.2) is 9.18 Å². The first kappa shape index (κ1) is 26.0. The summed E-state index contributed by atoms with van der Waals surface area (Å²) in [5, 5.41) is 10.3. The van der Waals surface area contributed by atoms with E-state index in [0.29, 0.717) is 28.3 Å². The minimum atomic E-state index is -0.820. The summed E-state index contributed by atoms with van der Waals surface area (Å²) in [5.74, 6) is -0.516. The van der Waals surface area contributed by atoms with Crippen molar-refractivity contribution in [1.29, 1.82) is 0 Å². The summed E-state index contributed by atoms with van der Waals surface area (Å²) in [6.45, 7) is 5.07. The first-order valence-corrected chi connectivity index (χ1v) is 10.7. The number of nitrogens with zero attached hydrogens (tertiary/aromatic N) is 3. The largest absolute Gasteiger partial charge is 0.460 e. The number of esters is 1. The molecule has 0 saturated carbocycles. The van der Waals surface area contributed by atoms with Crippen molar-refractivity contribution >= 4 is 24.5 Å². The highest BCUT2D eigenvalue weighted by Gasteiger charge is 2.37. The zero-order chi connectivity index (χ0) is 24.4. The molecular formula is C23H25ClFN5O5. The molecule has 2 unspecified atom stereocenters. The third-order valence-corrected chi connectivity index (χ3v) is 5.46. The molecule has 186 valence electrons. The van der Waals surface area contributed by atoms with Crippen molar-refractivity contribution < 1.29 is 27.9 Å². The van der Waals surface area contributed by atoms with Gasteiger partial charge in [0.15, 0.2) is 6.10 Å². The number of hydrogen-bond donors (Lipinski definition) is 2. The smallest absolute Gasteiger partial charge is 0.408 e. The van der Waals surface area contributed by atoms with Crippen molar-refractivity contribution in [1.82, 2.24) is 20.5 Å². The Morgan fingerprint density at radius 1 is 1.26 bits per heavy atom. The molecule has 3 aromatic rings. The molecule has 3 heterocycles. The Labute approximate surface area is 206 Å². The lowest BCUT2D eigenvalue weighted by Crippen LogP contribution is -2.39. The van der Waals surface area contributed by atoms with Gasteiger partial charge in [-0.2, -0.15) is 0 Å². The van der Waals surface area contributed by atoms with E-state index in [0.717, 1.165) is 0 Å². The van der Waals surface area contributed by atoms with E-state index < -0.39 is 36.1 Å². The molecule has 1 aliphatic heterocycles. The van der Waals surface area contributed by atoms with Crippen molar-refractivity contribution in [3.05, 3.63) is 53.8 Å². The van der Waals surface area contributed by atoms with Gasteiger partial charge >= 0.3 is 12.1 Å². The first-order valence-electron chi connectivity index (χ1n) is 10.7. The van der Waals surface area contributed by atoms with Crippen LogP contribution in [-0.4, -0.2) is 46.0 Å². The van der Waals surface area contributed by atoms with Gasteiger partial charge in [0.05, 0.1) is 6.04 Å². The fourth-order valence-electron chi connectivity index (χ4n) is 3.46. The van der Waals surface area contributed by atoms with E-state index in [1.165, 1.54) is 12.3 Å². The maximum atomic E-state index is 15.0. The fraction of sp³-hybridized carbons (Fsp3) is 0.348. The van der Waals surface area contributed by atoms with Crippen molar-refractivity contribution in [2.24, 2.45) is 11.7 Å². The van der Waals surface area contributed by atoms with Crippen molar-refractivity contribution in [3.63, 3.8) is 0 Å². The van der Waals surface area contributed by atoms with E-state index in [-0.39, 0.29) is 30.8 Å². The number of carbonyl (C=O) groups is 2. The molecular weight excluding hydrogens is 481 g/mol. The predicted octanol–water partition coefficient (Wildman–Crippen LogP) is 3.34. The third-order valence-electron chi connectivity index (χ3n) is 5.46. The Balaban J connectivity index is 0.00000342. The quantitative estimate of drug-likeness (QED) is 0.462. The van der Waals surface area contributed by atoms with Gasteiger partial charge in [0.1, 0.15) is 24.2 Å². The lowest BCUT2D eigenvalue weighted by Gasteiger charge is -2.20. The van der Waals surface area contributed by atoms with Gasteiger partial charge in [0.25, 0.3) is 5.89 Å². The topological polar surface area (TPSA) is 142 Å². The number of aryl methyl sites for hydroxylation is 1. The fourth-order valence-corrected chi connectivity index (χ4v) is 3.46. The zero-order valence-electron chi connectivity index (χ0n) is 19.2. The standard InChI is InChI=1S/C23H24FN5O5.ClH/c1-11(2)19(25)22(30)32-10-18-20(27-23(31)34-18)13-4-6-15(16(24)8-13)14-5-7-17(26-9-14)21-29-28-12(3)33-21;/h4-9,11,18-20H,10,25H2,1-3H3,(H,27,31);1H/t18?,19-,20?;/m0./s1. The molecule has 35 heavy (non-hydrogen) atoms. The van der Waals surface area contributed by atoms with Crippen LogP contribution in [0.5, 0.6) is 0 Å². The molecule has 10 nitrogen and oxygen atoms in total. The van der Waals surface area contributed by atoms with E-state index in [2.05, 4.69) is 20.5 Å². The number of nitrogens with two attached hydrogens (primary N) is 1. The maximum absolute atomic E-state index is 15.0. The summed E-state index contributed by atoms with van der Waals surface area (Å²) in [7, 11) is 0. The van der Waals surface area contributed by atoms with Crippen LogP contribution in [0.2, 0.25) is 0 Å². The van der Waals surface area contributed by atoms with Gasteiger partial charge in [-0.15, -0.1) is 22.6 Å². The van der Waals surface area contributed by atoms with E-state index in [1.807, 2.05) is 0 Å². The average Bonchev–Trinajstić information content (AvgIpc) is 3.42. The Bertz CT molecular complexity index is 1200. The maximum Gasteiger partial charge on any atom is 0.408 e. The second-order valence-electron chi connectivity index (χ2n) is 8.26. The van der Waals surface area contributed by atoms with Crippen LogP contribution in [0.15, 0.2) is 40.9 Å². The molecule has 0 aliphatic carbocycles. The van der Waals surface area contributed by atoms with Gasteiger partial charge in [0, 0.05) is 24.2 Å². The second kappa shape index (κ2) is 10.8. The molecule has 1 fully saturated rings.